The van der Waals surface area contributed by atoms with Gasteiger partial charge in [-0.2, -0.15) is 13.2 Å². The Labute approximate surface area is 115 Å². The van der Waals surface area contributed by atoms with Crippen molar-refractivity contribution < 1.29 is 26.7 Å². The first-order valence-corrected chi connectivity index (χ1v) is 7.24. The van der Waals surface area contributed by atoms with Gasteiger partial charge < -0.3 is 5.11 Å². The molecule has 8 heteroatoms. The fourth-order valence-electron chi connectivity index (χ4n) is 1.25. The normalized spacial score (nSPS) is 13.5. The number of hydrogen-bond donors (Lipinski definition) is 2. The number of aliphatic hydroxyl groups excluding tert-OH is 1. The molecule has 1 aromatic carbocycles. The standard InChI is InChI=1S/C12H16F3NO3S/c1-11(2,8-17)7-16-20(18,19)10-5-3-9(4-6-10)12(13,14)15/h3-6,16-17H,7-8H2,1-2H3. The molecule has 0 spiro atoms. The fourth-order valence-corrected chi connectivity index (χ4v) is 2.49. The van der Waals surface area contributed by atoms with Gasteiger partial charge in [0.2, 0.25) is 10.0 Å². The molecule has 114 valence electrons. The molecule has 0 saturated carbocycles. The Bertz CT molecular complexity index is 550. The summed E-state index contributed by atoms with van der Waals surface area (Å²) in [6.45, 7) is 3.07. The summed E-state index contributed by atoms with van der Waals surface area (Å²) in [5.74, 6) is 0. The molecule has 0 aliphatic rings. The maximum Gasteiger partial charge on any atom is 0.416 e. The Balaban J connectivity index is 2.89. The van der Waals surface area contributed by atoms with Gasteiger partial charge >= 0.3 is 6.18 Å². The average Bonchev–Trinajstić information content (AvgIpc) is 2.36. The van der Waals surface area contributed by atoms with Crippen molar-refractivity contribution in [3.05, 3.63) is 29.8 Å². The third-order valence-electron chi connectivity index (χ3n) is 2.66. The van der Waals surface area contributed by atoms with Crippen LogP contribution in [0, 0.1) is 5.41 Å². The van der Waals surface area contributed by atoms with Crippen LogP contribution in [0.1, 0.15) is 19.4 Å². The van der Waals surface area contributed by atoms with E-state index in [2.05, 4.69) is 4.72 Å². The molecule has 0 bridgehead atoms. The van der Waals surface area contributed by atoms with Crippen LogP contribution in [0.3, 0.4) is 0 Å². The van der Waals surface area contributed by atoms with Crippen LogP contribution in [-0.4, -0.2) is 26.7 Å². The zero-order valence-corrected chi connectivity index (χ0v) is 11.8. The molecule has 0 heterocycles. The van der Waals surface area contributed by atoms with Gasteiger partial charge in [-0.05, 0) is 24.3 Å². The zero-order chi connectivity index (χ0) is 15.6. The number of nitrogens with one attached hydrogen (secondary N) is 1. The minimum atomic E-state index is -4.51. The van der Waals surface area contributed by atoms with E-state index in [1.807, 2.05) is 0 Å². The topological polar surface area (TPSA) is 66.4 Å². The van der Waals surface area contributed by atoms with Crippen LogP contribution < -0.4 is 4.72 Å². The molecule has 4 nitrogen and oxygen atoms in total. The molecule has 1 aromatic rings. The van der Waals surface area contributed by atoms with E-state index in [-0.39, 0.29) is 18.0 Å². The molecule has 0 unspecified atom stereocenters. The summed E-state index contributed by atoms with van der Waals surface area (Å²) in [5.41, 5.74) is -1.56. The van der Waals surface area contributed by atoms with E-state index >= 15 is 0 Å². The number of sulfonamides is 1. The lowest BCUT2D eigenvalue weighted by molar-refractivity contribution is -0.137. The molecular weight excluding hydrogens is 295 g/mol. The summed E-state index contributed by atoms with van der Waals surface area (Å²) >= 11 is 0. The third kappa shape index (κ3) is 4.46. The molecule has 0 aliphatic heterocycles. The van der Waals surface area contributed by atoms with Crippen molar-refractivity contribution in [2.75, 3.05) is 13.2 Å². The highest BCUT2D eigenvalue weighted by Gasteiger charge is 2.30. The predicted molar refractivity (Wildman–Crippen MR) is 67.5 cm³/mol. The fraction of sp³-hybridized carbons (Fsp3) is 0.500. The number of benzene rings is 1. The van der Waals surface area contributed by atoms with E-state index < -0.39 is 27.2 Å². The van der Waals surface area contributed by atoms with Crippen LogP contribution in [-0.2, 0) is 16.2 Å². The van der Waals surface area contributed by atoms with E-state index in [0.717, 1.165) is 12.1 Å². The Kier molecular flexibility index (Phi) is 4.83. The number of hydrogen-bond acceptors (Lipinski definition) is 3. The maximum atomic E-state index is 12.4. The van der Waals surface area contributed by atoms with Crippen molar-refractivity contribution in [2.45, 2.75) is 24.9 Å². The summed E-state index contributed by atoms with van der Waals surface area (Å²) in [5, 5.41) is 9.03. The second kappa shape index (κ2) is 5.71. The number of alkyl halides is 3. The quantitative estimate of drug-likeness (QED) is 0.874. The van der Waals surface area contributed by atoms with Crippen LogP contribution in [0.25, 0.3) is 0 Å². The highest BCUT2D eigenvalue weighted by atomic mass is 32.2. The third-order valence-corrected chi connectivity index (χ3v) is 4.08. The smallest absolute Gasteiger partial charge is 0.396 e. The molecule has 0 saturated heterocycles. The number of rotatable bonds is 5. The van der Waals surface area contributed by atoms with Gasteiger partial charge in [0.15, 0.2) is 0 Å². The average molecular weight is 311 g/mol. The summed E-state index contributed by atoms with van der Waals surface area (Å²) < 4.78 is 63.1. The largest absolute Gasteiger partial charge is 0.416 e. The summed E-state index contributed by atoms with van der Waals surface area (Å²) in [4.78, 5) is -0.251. The van der Waals surface area contributed by atoms with Crippen molar-refractivity contribution in [1.29, 1.82) is 0 Å². The van der Waals surface area contributed by atoms with Gasteiger partial charge in [0.1, 0.15) is 0 Å². The van der Waals surface area contributed by atoms with Gasteiger partial charge in [-0.25, -0.2) is 13.1 Å². The molecule has 0 aliphatic carbocycles. The zero-order valence-electron chi connectivity index (χ0n) is 11.0. The molecular formula is C12H16F3NO3S. The first-order chi connectivity index (χ1) is 8.98. The highest BCUT2D eigenvalue weighted by Crippen LogP contribution is 2.29. The van der Waals surface area contributed by atoms with Crippen molar-refractivity contribution in [3.63, 3.8) is 0 Å². The van der Waals surface area contributed by atoms with Crippen molar-refractivity contribution in [3.8, 4) is 0 Å². The molecule has 1 rings (SSSR count). The second-order valence-electron chi connectivity index (χ2n) is 5.17. The van der Waals surface area contributed by atoms with Crippen molar-refractivity contribution >= 4 is 10.0 Å². The molecule has 2 N–H and O–H groups in total. The van der Waals surface area contributed by atoms with Crippen LogP contribution >= 0.6 is 0 Å². The van der Waals surface area contributed by atoms with E-state index in [1.165, 1.54) is 0 Å². The van der Waals surface area contributed by atoms with Crippen molar-refractivity contribution in [1.82, 2.24) is 4.72 Å². The van der Waals surface area contributed by atoms with Gasteiger partial charge in [0.25, 0.3) is 0 Å². The lowest BCUT2D eigenvalue weighted by Gasteiger charge is -2.21. The van der Waals surface area contributed by atoms with Crippen LogP contribution in [0.15, 0.2) is 29.2 Å². The van der Waals surface area contributed by atoms with Crippen LogP contribution in [0.2, 0.25) is 0 Å². The van der Waals surface area contributed by atoms with E-state index in [4.69, 9.17) is 5.11 Å². The van der Waals surface area contributed by atoms with E-state index in [9.17, 15) is 21.6 Å². The monoisotopic (exact) mass is 311 g/mol. The molecule has 0 atom stereocenters. The summed E-state index contributed by atoms with van der Waals surface area (Å²) in [6, 6.07) is 3.23. The minimum absolute atomic E-state index is 0.0210. The number of aliphatic hydroxyl groups is 1. The first kappa shape index (κ1) is 16.9. The first-order valence-electron chi connectivity index (χ1n) is 5.76. The maximum absolute atomic E-state index is 12.4. The van der Waals surface area contributed by atoms with Gasteiger partial charge in [-0.1, -0.05) is 13.8 Å². The lowest BCUT2D eigenvalue weighted by Crippen LogP contribution is -2.36. The Hall–Kier alpha value is -1.12. The predicted octanol–water partition coefficient (Wildman–Crippen LogP) is 2.00. The molecule has 0 aromatic heterocycles. The van der Waals surface area contributed by atoms with Crippen molar-refractivity contribution in [2.24, 2.45) is 5.41 Å². The Morgan fingerprint density at radius 1 is 1.15 bits per heavy atom. The summed E-state index contributed by atoms with van der Waals surface area (Å²) in [6.07, 6.45) is -4.51. The Morgan fingerprint density at radius 3 is 2.05 bits per heavy atom. The van der Waals surface area contributed by atoms with Crippen LogP contribution in [0.4, 0.5) is 13.2 Å². The Morgan fingerprint density at radius 2 is 1.65 bits per heavy atom. The second-order valence-corrected chi connectivity index (χ2v) is 6.94. The van der Waals surface area contributed by atoms with E-state index in [0.29, 0.717) is 12.1 Å². The van der Waals surface area contributed by atoms with Gasteiger partial charge in [0, 0.05) is 18.6 Å². The highest BCUT2D eigenvalue weighted by molar-refractivity contribution is 7.89. The summed E-state index contributed by atoms with van der Waals surface area (Å²) in [7, 11) is -3.89. The van der Waals surface area contributed by atoms with E-state index in [1.54, 1.807) is 13.8 Å². The molecule has 0 fully saturated rings. The van der Waals surface area contributed by atoms with Gasteiger partial charge in [-0.3, -0.25) is 0 Å². The molecule has 0 amide bonds. The SMILES string of the molecule is CC(C)(CO)CNS(=O)(=O)c1ccc(C(F)(F)F)cc1. The minimum Gasteiger partial charge on any atom is -0.396 e. The molecule has 20 heavy (non-hydrogen) atoms. The van der Waals surface area contributed by atoms with Gasteiger partial charge in [0.05, 0.1) is 10.5 Å². The molecule has 0 radical (unpaired) electrons. The van der Waals surface area contributed by atoms with Crippen LogP contribution in [0.5, 0.6) is 0 Å². The lowest BCUT2D eigenvalue weighted by atomic mass is 9.96. The van der Waals surface area contributed by atoms with Gasteiger partial charge in [-0.15, -0.1) is 0 Å². The number of halogens is 3.